The second kappa shape index (κ2) is 38.9. The van der Waals surface area contributed by atoms with Crippen molar-refractivity contribution in [2.24, 2.45) is 5.73 Å². The molecule has 2 amide bonds. The summed E-state index contributed by atoms with van der Waals surface area (Å²) in [6.45, 7) is 22.1. The number of fused-ring (bicyclic) bond motifs is 11. The molecule has 0 saturated heterocycles. The van der Waals surface area contributed by atoms with E-state index in [1.54, 1.807) is 79.0 Å². The zero-order valence-corrected chi connectivity index (χ0v) is 65.7. The predicted molar refractivity (Wildman–Crippen MR) is 441 cm³/mol. The van der Waals surface area contributed by atoms with E-state index in [4.69, 9.17) is 11.5 Å². The molecule has 11 aromatic rings. The van der Waals surface area contributed by atoms with Crippen LogP contribution in [-0.2, 0) is 15.6 Å². The molecule has 11 N–H and O–H groups in total. The Morgan fingerprint density at radius 3 is 1.79 bits per heavy atom. The molecule has 0 bridgehead atoms. The smallest absolute Gasteiger partial charge is 0.270 e. The monoisotopic (exact) mass is 1570 g/mol. The van der Waals surface area contributed by atoms with Gasteiger partial charge in [0.25, 0.3) is 34.6 Å². The quantitative estimate of drug-likeness (QED) is 0.0178. The van der Waals surface area contributed by atoms with E-state index in [-0.39, 0.29) is 62.3 Å². The number of hydrogen-bond acceptors (Lipinski definition) is 26. The normalized spacial score (nSPS) is 14.9. The molecule has 0 spiro atoms. The summed E-state index contributed by atoms with van der Waals surface area (Å²) < 4.78 is 15.9. The molecule has 3 aliphatic heterocycles. The van der Waals surface area contributed by atoms with Gasteiger partial charge in [-0.15, -0.1) is 45.3 Å². The van der Waals surface area contributed by atoms with Crippen LogP contribution >= 0.6 is 58.0 Å². The number of nitro benzene ring substituents is 4. The van der Waals surface area contributed by atoms with E-state index in [9.17, 15) is 63.8 Å². The van der Waals surface area contributed by atoms with E-state index in [2.05, 4.69) is 73.9 Å². The number of benzene rings is 6. The number of allylic oxidation sites excluding steroid dienone is 1. The molecular weight excluding hydrogens is 1490 g/mol. The molecule has 5 aromatic heterocycles. The molecule has 8 heterocycles. The van der Waals surface area contributed by atoms with Gasteiger partial charge < -0.3 is 48.7 Å². The number of nitrogens with zero attached hydrogens (tertiary/aromatic N) is 5. The number of non-ortho nitro benzene ring substituents is 4. The highest BCUT2D eigenvalue weighted by molar-refractivity contribution is 7.89. The SMILES string of the molecule is CC(=O)CS.CC1=Cc2cc([N+](=O)[O-])ccc2S1=O.CC1CNc2c(sc3ccc(N)cc23)C(=O)N1.CNC(C)CN.CNC(C)CNc1c(C)sc2ccc([N+](=O)[O-])cc12.Cc1cc2cc([N+](=O)[O-])ccc2s1.Cc1ccc([N+](=O)[O-])cc1C=O.Cc1ccc2c(ccc3sc4c(c32)NCC(C)NC4=O)n1. The lowest BCUT2D eigenvalue weighted by Crippen LogP contribution is -2.34. The molecule has 0 radical (unpaired) electrons. The van der Waals surface area contributed by atoms with Gasteiger partial charge in [0.1, 0.15) is 15.5 Å². The van der Waals surface area contributed by atoms with Crippen LogP contribution in [0.5, 0.6) is 0 Å². The number of carbonyl (C=O) groups is 4. The fourth-order valence-corrected chi connectivity index (χ4v) is 15.6. The Labute approximate surface area is 640 Å². The fourth-order valence-electron chi connectivity index (χ4n) is 10.4. The van der Waals surface area contributed by atoms with Crippen LogP contribution in [-0.4, -0.2) is 123 Å². The highest BCUT2D eigenvalue weighted by atomic mass is 32.2. The van der Waals surface area contributed by atoms with Gasteiger partial charge in [0.2, 0.25) is 0 Å². The highest BCUT2D eigenvalue weighted by Crippen LogP contribution is 2.42. The van der Waals surface area contributed by atoms with Crippen LogP contribution in [0.3, 0.4) is 0 Å². The summed E-state index contributed by atoms with van der Waals surface area (Å²) in [7, 11) is 2.69. The van der Waals surface area contributed by atoms with E-state index in [1.165, 1.54) is 64.8 Å². The number of pyridine rings is 1. The molecule has 27 nitrogen and oxygen atoms in total. The highest BCUT2D eigenvalue weighted by Gasteiger charge is 2.27. The Bertz CT molecular complexity index is 5190. The minimum Gasteiger partial charge on any atom is -0.399 e. The minimum atomic E-state index is -1.13. The lowest BCUT2D eigenvalue weighted by molar-refractivity contribution is -0.385. The second-order valence-corrected chi connectivity index (χ2v) is 31.5. The third kappa shape index (κ3) is 22.4. The van der Waals surface area contributed by atoms with Gasteiger partial charge in [-0.1, -0.05) is 12.1 Å². The fraction of sp³-hybridized carbons (Fsp3) is 0.284. The van der Waals surface area contributed by atoms with Crippen LogP contribution < -0.4 is 48.7 Å². The molecule has 33 heteroatoms. The predicted octanol–water partition coefficient (Wildman–Crippen LogP) is 15.4. The van der Waals surface area contributed by atoms with Crippen LogP contribution in [0.15, 0.2) is 131 Å². The van der Waals surface area contributed by atoms with Crippen molar-refractivity contribution < 1.29 is 43.1 Å². The van der Waals surface area contributed by atoms with Crippen LogP contribution in [0.2, 0.25) is 0 Å². The maximum absolute atomic E-state index is 12.3. The molecule has 5 atom stereocenters. The number of nitrogen functional groups attached to an aromatic ring is 1. The maximum Gasteiger partial charge on any atom is 0.270 e. The number of nitrogens with one attached hydrogen (secondary N) is 7. The van der Waals surface area contributed by atoms with Gasteiger partial charge in [-0.25, -0.2) is 4.21 Å². The number of nitrogens with two attached hydrogens (primary N) is 2. The number of hydrogen-bond donors (Lipinski definition) is 10. The van der Waals surface area contributed by atoms with Crippen molar-refractivity contribution in [2.45, 2.75) is 98.3 Å². The summed E-state index contributed by atoms with van der Waals surface area (Å²) in [4.78, 5) is 94.6. The third-order valence-electron chi connectivity index (χ3n) is 16.4. The number of carbonyl (C=O) groups excluding carboxylic acids is 4. The van der Waals surface area contributed by atoms with Crippen LogP contribution in [0.1, 0.15) is 97.8 Å². The zero-order chi connectivity index (χ0) is 78.7. The Hall–Kier alpha value is -10.2. The number of ketones is 1. The number of rotatable bonds is 12. The first-order chi connectivity index (χ1) is 50.8. The van der Waals surface area contributed by atoms with E-state index in [0.717, 1.165) is 131 Å². The largest absolute Gasteiger partial charge is 0.399 e. The summed E-state index contributed by atoms with van der Waals surface area (Å²) in [6, 6.07) is 35.5. The van der Waals surface area contributed by atoms with Gasteiger partial charge in [0, 0.05) is 177 Å². The van der Waals surface area contributed by atoms with Crippen LogP contribution in [0, 0.1) is 68.2 Å². The van der Waals surface area contributed by atoms with Crippen molar-refractivity contribution in [1.29, 1.82) is 0 Å². The molecular formula is C74H84N14O13S6. The van der Waals surface area contributed by atoms with E-state index < -0.39 is 20.6 Å². The average Bonchev–Trinajstić information content (AvgIpc) is 1.62. The second-order valence-electron chi connectivity index (χ2n) is 24.9. The number of Topliss-reactive ketones (excluding diaryl/α,β-unsaturated/α-hetero) is 1. The topological polar surface area (TPSA) is 407 Å². The number of nitro groups is 4. The van der Waals surface area contributed by atoms with E-state index >= 15 is 0 Å². The number of thiophene rings is 4. The lowest BCUT2D eigenvalue weighted by Gasteiger charge is -2.12. The van der Waals surface area contributed by atoms with Crippen molar-refractivity contribution in [3.05, 3.63) is 209 Å². The minimum absolute atomic E-state index is 0.00253. The Kier molecular flexibility index (Phi) is 30.5. The molecule has 6 aromatic carbocycles. The summed E-state index contributed by atoms with van der Waals surface area (Å²) in [5.74, 6) is 0.488. The standard InChI is InChI=1S/C16H15N3OS.C13H17N3O2S.C12H13N3OS.C9H7NO3S.C9H7NO2S.C8H7NO3.C4H12N2.C3H6OS/c1-8-3-4-10-11(18-8)5-6-12-13(10)14-15(21-12)16(20)19-9(2)7-17-14;1-8(14-3)7-15-13-9(2)19-12-5-4-10(16(17)18)6-11(12)13;1-6-5-14-10-8-4-7(13)2-3-9(8)17-11(10)12(16)15-6;1-6-4-7-5-8(10(11)12)2-3-9(7)14(6)13;1-6-4-7-5-8(10(11)12)2-3-9(7)13-6;1-6-2-3-8(9(11)12)4-7(6)5-10;1-4(3-5)6-2;1-3(4)2-5/h3-6,9,17H,7H2,1-2H3,(H,19,20);4-6,8,14-15H,7H2,1-3H3;2-4,6,14H,5,13H2,1H3,(H,15,16);2-5H,1H3;2-5H,1H3;2-5H,1H3;4,6H,3,5H2,1-2H3;5H,2H2,1H3. The first-order valence-electron chi connectivity index (χ1n) is 33.3. The Balaban J connectivity index is 0.000000176. The zero-order valence-electron chi connectivity index (χ0n) is 60.7. The van der Waals surface area contributed by atoms with Crippen LogP contribution in [0.4, 0.5) is 45.5 Å². The summed E-state index contributed by atoms with van der Waals surface area (Å²) in [5.41, 5.74) is 18.7. The van der Waals surface area contributed by atoms with Crippen molar-refractivity contribution in [3.63, 3.8) is 0 Å². The molecule has 564 valence electrons. The molecule has 0 saturated carbocycles. The first kappa shape index (κ1) is 84.0. The molecule has 3 aliphatic rings. The molecule has 0 aliphatic carbocycles. The Morgan fingerprint density at radius 1 is 0.664 bits per heavy atom. The average molecular weight is 1570 g/mol. The van der Waals surface area contributed by atoms with Crippen molar-refractivity contribution in [2.75, 3.05) is 67.7 Å². The number of aromatic nitrogens is 1. The summed E-state index contributed by atoms with van der Waals surface area (Å²) in [5, 5.41) is 69.4. The number of likely N-dealkylation sites (N-methyl/N-ethyl adjacent to an activating group) is 2. The van der Waals surface area contributed by atoms with Crippen molar-refractivity contribution >= 4 is 195 Å². The Morgan fingerprint density at radius 2 is 1.20 bits per heavy atom. The van der Waals surface area contributed by atoms with Gasteiger partial charge in [-0.2, -0.15) is 12.6 Å². The van der Waals surface area contributed by atoms with Crippen LogP contribution in [0.25, 0.3) is 57.3 Å². The number of anilines is 4. The molecule has 14 rings (SSSR count). The first-order valence-corrected chi connectivity index (χ1v) is 38.4. The van der Waals surface area contributed by atoms with Gasteiger partial charge in [0.15, 0.2) is 6.29 Å². The van der Waals surface area contributed by atoms with Gasteiger partial charge in [-0.3, -0.25) is 64.6 Å². The molecule has 0 fully saturated rings. The van der Waals surface area contributed by atoms with Crippen molar-refractivity contribution in [1.82, 2.24) is 26.3 Å². The molecule has 5 unspecified atom stereocenters. The number of amides is 2. The van der Waals surface area contributed by atoms with Gasteiger partial charge in [-0.05, 0) is 167 Å². The molecule has 107 heavy (non-hydrogen) atoms. The van der Waals surface area contributed by atoms with Gasteiger partial charge >= 0.3 is 0 Å². The van der Waals surface area contributed by atoms with E-state index in [1.807, 2.05) is 98.1 Å². The summed E-state index contributed by atoms with van der Waals surface area (Å²) >= 11 is 10.0. The van der Waals surface area contributed by atoms with Gasteiger partial charge in [0.05, 0.1) is 58.0 Å². The van der Waals surface area contributed by atoms with Crippen molar-refractivity contribution in [3.8, 4) is 0 Å². The maximum atomic E-state index is 12.3. The number of aldehydes is 1. The lowest BCUT2D eigenvalue weighted by atomic mass is 10.1. The summed E-state index contributed by atoms with van der Waals surface area (Å²) in [6.07, 6.45) is 2.33. The number of thiol groups is 1. The number of aryl methyl sites for hydroxylation is 4. The third-order valence-corrected chi connectivity index (χ3v) is 22.8. The van der Waals surface area contributed by atoms with E-state index in [0.29, 0.717) is 40.1 Å².